The second-order valence-corrected chi connectivity index (χ2v) is 6.45. The zero-order chi connectivity index (χ0) is 22.2. The van der Waals surface area contributed by atoms with Gasteiger partial charge >= 0.3 is 5.69 Å². The number of hydrogen-bond acceptors (Lipinski definition) is 6. The molecule has 7 nitrogen and oxygen atoms in total. The molecule has 0 bridgehead atoms. The van der Waals surface area contributed by atoms with Crippen LogP contribution in [0.5, 0.6) is 23.0 Å². The summed E-state index contributed by atoms with van der Waals surface area (Å²) in [4.78, 5) is 18.8. The van der Waals surface area contributed by atoms with Gasteiger partial charge in [-0.05, 0) is 54.6 Å². The fourth-order valence-corrected chi connectivity index (χ4v) is 2.94. The summed E-state index contributed by atoms with van der Waals surface area (Å²) in [5, 5.41) is 0. The summed E-state index contributed by atoms with van der Waals surface area (Å²) in [5.74, 6) is 2.73. The Kier molecular flexibility index (Phi) is 7.11. The first kappa shape index (κ1) is 21.7. The largest absolute Gasteiger partial charge is 0.497 e. The molecule has 0 aliphatic carbocycles. The quantitative estimate of drug-likeness (QED) is 0.590. The summed E-state index contributed by atoms with van der Waals surface area (Å²) in [7, 11) is 6.38. The minimum absolute atomic E-state index is 0.440. The first-order chi connectivity index (χ1) is 15.1. The van der Waals surface area contributed by atoms with E-state index in [1.807, 2.05) is 36.4 Å². The fourth-order valence-electron chi connectivity index (χ4n) is 2.94. The standard InChI is InChI=1S/C24H24N2O5/c1-28-20-11-7-16(22(14-20)30-3)5-9-18-13-19(26-24(27)25-18)10-6-17-8-12-21(29-2)15-23(17)31-4/h5-15H,1-4H3,(H,25,26,27)/b9-5-,10-6+. The highest BCUT2D eigenvalue weighted by Gasteiger charge is 2.04. The normalized spacial score (nSPS) is 11.1. The SMILES string of the molecule is COc1ccc(/C=C\c2cc(/C=C/c3ccc(OC)cc3OC)[nH]c(=O)n2)c(OC)c1. The van der Waals surface area contributed by atoms with Crippen LogP contribution in [-0.2, 0) is 0 Å². The second kappa shape index (κ2) is 10.2. The first-order valence-corrected chi connectivity index (χ1v) is 9.48. The van der Waals surface area contributed by atoms with Crippen LogP contribution in [0.15, 0.2) is 47.3 Å². The Bertz CT molecular complexity index is 1080. The predicted octanol–water partition coefficient (Wildman–Crippen LogP) is 4.15. The average Bonchev–Trinajstić information content (AvgIpc) is 2.80. The Morgan fingerprint density at radius 3 is 1.77 bits per heavy atom. The Morgan fingerprint density at radius 1 is 0.710 bits per heavy atom. The van der Waals surface area contributed by atoms with Crippen molar-refractivity contribution < 1.29 is 18.9 Å². The van der Waals surface area contributed by atoms with E-state index in [-0.39, 0.29) is 0 Å². The van der Waals surface area contributed by atoms with Gasteiger partial charge in [0.25, 0.3) is 0 Å². The van der Waals surface area contributed by atoms with E-state index in [9.17, 15) is 4.79 Å². The van der Waals surface area contributed by atoms with E-state index >= 15 is 0 Å². The minimum atomic E-state index is -0.440. The van der Waals surface area contributed by atoms with Crippen molar-refractivity contribution in [3.05, 3.63) is 75.5 Å². The summed E-state index contributed by atoms with van der Waals surface area (Å²) >= 11 is 0. The zero-order valence-electron chi connectivity index (χ0n) is 17.8. The molecule has 2 aromatic carbocycles. The van der Waals surface area contributed by atoms with Crippen molar-refractivity contribution in [2.24, 2.45) is 0 Å². The molecule has 0 unspecified atom stereocenters. The molecule has 31 heavy (non-hydrogen) atoms. The van der Waals surface area contributed by atoms with E-state index in [2.05, 4.69) is 9.97 Å². The number of methoxy groups -OCH3 is 4. The highest BCUT2D eigenvalue weighted by Crippen LogP contribution is 2.27. The van der Waals surface area contributed by atoms with Crippen molar-refractivity contribution in [2.75, 3.05) is 28.4 Å². The van der Waals surface area contributed by atoms with Crippen LogP contribution in [0, 0.1) is 0 Å². The van der Waals surface area contributed by atoms with E-state index < -0.39 is 5.69 Å². The third-order valence-electron chi connectivity index (χ3n) is 4.54. The molecule has 0 aliphatic heterocycles. The van der Waals surface area contributed by atoms with Crippen LogP contribution in [0.1, 0.15) is 22.5 Å². The maximum atomic E-state index is 12.0. The lowest BCUT2D eigenvalue weighted by atomic mass is 10.1. The van der Waals surface area contributed by atoms with Crippen LogP contribution >= 0.6 is 0 Å². The molecule has 0 amide bonds. The molecule has 7 heteroatoms. The van der Waals surface area contributed by atoms with E-state index in [1.165, 1.54) is 0 Å². The van der Waals surface area contributed by atoms with Gasteiger partial charge in [-0.2, -0.15) is 4.98 Å². The van der Waals surface area contributed by atoms with Gasteiger partial charge in [-0.25, -0.2) is 4.79 Å². The molecule has 3 aromatic rings. The number of hydrogen-bond donors (Lipinski definition) is 1. The number of H-pyrrole nitrogens is 1. The van der Waals surface area contributed by atoms with E-state index in [4.69, 9.17) is 18.9 Å². The van der Waals surface area contributed by atoms with Gasteiger partial charge in [-0.15, -0.1) is 0 Å². The molecule has 160 valence electrons. The molecular formula is C24H24N2O5. The van der Waals surface area contributed by atoms with Crippen molar-refractivity contribution in [1.29, 1.82) is 0 Å². The van der Waals surface area contributed by atoms with Crippen LogP contribution in [0.25, 0.3) is 24.3 Å². The molecule has 0 aliphatic rings. The van der Waals surface area contributed by atoms with Gasteiger partial charge in [0, 0.05) is 29.0 Å². The average molecular weight is 420 g/mol. The van der Waals surface area contributed by atoms with Crippen LogP contribution in [0.3, 0.4) is 0 Å². The Labute approximate surface area is 180 Å². The van der Waals surface area contributed by atoms with Gasteiger partial charge in [-0.3, -0.25) is 0 Å². The van der Waals surface area contributed by atoms with Crippen molar-refractivity contribution in [1.82, 2.24) is 9.97 Å². The van der Waals surface area contributed by atoms with Crippen LogP contribution < -0.4 is 24.6 Å². The predicted molar refractivity (Wildman–Crippen MR) is 122 cm³/mol. The summed E-state index contributed by atoms with van der Waals surface area (Å²) < 4.78 is 21.2. The van der Waals surface area contributed by atoms with Gasteiger partial charge in [-0.1, -0.05) is 0 Å². The van der Waals surface area contributed by atoms with E-state index in [1.54, 1.807) is 58.8 Å². The van der Waals surface area contributed by atoms with Crippen molar-refractivity contribution in [3.8, 4) is 23.0 Å². The molecule has 1 heterocycles. The van der Waals surface area contributed by atoms with E-state index in [0.29, 0.717) is 34.4 Å². The second-order valence-electron chi connectivity index (χ2n) is 6.45. The van der Waals surface area contributed by atoms with Gasteiger partial charge < -0.3 is 23.9 Å². The van der Waals surface area contributed by atoms with Gasteiger partial charge in [0.2, 0.25) is 0 Å². The van der Waals surface area contributed by atoms with Crippen molar-refractivity contribution >= 4 is 24.3 Å². The molecule has 0 radical (unpaired) electrons. The smallest absolute Gasteiger partial charge is 0.345 e. The monoisotopic (exact) mass is 420 g/mol. The summed E-state index contributed by atoms with van der Waals surface area (Å²) in [6.07, 6.45) is 7.23. The molecule has 0 saturated carbocycles. The maximum absolute atomic E-state index is 12.0. The van der Waals surface area contributed by atoms with Gasteiger partial charge in [0.1, 0.15) is 23.0 Å². The van der Waals surface area contributed by atoms with Crippen molar-refractivity contribution in [2.45, 2.75) is 0 Å². The molecule has 0 fully saturated rings. The summed E-state index contributed by atoms with van der Waals surface area (Å²) in [6.45, 7) is 0. The third-order valence-corrected chi connectivity index (χ3v) is 4.54. The number of nitrogens with zero attached hydrogens (tertiary/aromatic N) is 1. The van der Waals surface area contributed by atoms with Gasteiger partial charge in [0.05, 0.1) is 34.1 Å². The Hall–Kier alpha value is -4.00. The number of ether oxygens (including phenoxy) is 4. The van der Waals surface area contributed by atoms with Gasteiger partial charge in [0.15, 0.2) is 0 Å². The Morgan fingerprint density at radius 2 is 1.26 bits per heavy atom. The van der Waals surface area contributed by atoms with Crippen molar-refractivity contribution in [3.63, 3.8) is 0 Å². The molecule has 1 aromatic heterocycles. The third kappa shape index (κ3) is 5.54. The fraction of sp³-hybridized carbons (Fsp3) is 0.167. The lowest BCUT2D eigenvalue weighted by molar-refractivity contribution is 0.393. The molecule has 3 rings (SSSR count). The number of benzene rings is 2. The number of nitrogens with one attached hydrogen (secondary N) is 1. The number of aromatic nitrogens is 2. The highest BCUT2D eigenvalue weighted by molar-refractivity contribution is 5.75. The van der Waals surface area contributed by atoms with Crippen LogP contribution in [-0.4, -0.2) is 38.4 Å². The first-order valence-electron chi connectivity index (χ1n) is 9.48. The molecule has 0 spiro atoms. The number of aromatic amines is 1. The molecule has 1 N–H and O–H groups in total. The minimum Gasteiger partial charge on any atom is -0.497 e. The highest BCUT2D eigenvalue weighted by atomic mass is 16.5. The summed E-state index contributed by atoms with van der Waals surface area (Å²) in [5.41, 5.74) is 2.37. The lowest BCUT2D eigenvalue weighted by Gasteiger charge is -2.07. The van der Waals surface area contributed by atoms with Crippen LogP contribution in [0.4, 0.5) is 0 Å². The number of rotatable bonds is 8. The molecular weight excluding hydrogens is 396 g/mol. The summed E-state index contributed by atoms with van der Waals surface area (Å²) in [6, 6.07) is 12.8. The maximum Gasteiger partial charge on any atom is 0.345 e. The molecule has 0 atom stereocenters. The topological polar surface area (TPSA) is 82.7 Å². The zero-order valence-corrected chi connectivity index (χ0v) is 17.8. The lowest BCUT2D eigenvalue weighted by Crippen LogP contribution is -2.12. The Balaban J connectivity index is 1.87. The van der Waals surface area contributed by atoms with Crippen LogP contribution in [0.2, 0.25) is 0 Å². The molecule has 0 saturated heterocycles. The van der Waals surface area contributed by atoms with E-state index in [0.717, 1.165) is 11.1 Å².